The number of hydrogen-bond donors (Lipinski definition) is 0. The van der Waals surface area contributed by atoms with E-state index in [1.165, 1.54) is 216 Å². The van der Waals surface area contributed by atoms with Crippen LogP contribution in [0.25, 0.3) is 194 Å². The predicted octanol–water partition coefficient (Wildman–Crippen LogP) is 32.2. The average molecular weight is 1450 g/mol. The lowest BCUT2D eigenvalue weighted by Crippen LogP contribution is -2.11. The van der Waals surface area contributed by atoms with Crippen LogP contribution in [0.4, 0.5) is 0 Å². The molecule has 0 aliphatic rings. The lowest BCUT2D eigenvalue weighted by molar-refractivity contribution is 0.591. The zero-order chi connectivity index (χ0) is 73.6. The summed E-state index contributed by atoms with van der Waals surface area (Å²) in [5.41, 5.74) is 5.49. The third kappa shape index (κ3) is 10.9. The van der Waals surface area contributed by atoms with Crippen LogP contribution in [-0.4, -0.2) is 10.7 Å². The van der Waals surface area contributed by atoms with Gasteiger partial charge < -0.3 is 0 Å². The Hall–Kier alpha value is -9.76. The Labute approximate surface area is 640 Å². The van der Waals surface area contributed by atoms with Crippen molar-refractivity contribution in [2.75, 3.05) is 10.7 Å². The fourth-order valence-electron chi connectivity index (χ4n) is 18.0. The smallest absolute Gasteiger partial charge is 0.0967 e. The van der Waals surface area contributed by atoms with Crippen LogP contribution in [-0.2, 0) is 21.7 Å². The molecule has 0 N–H and O–H groups in total. The van der Waals surface area contributed by atoms with Gasteiger partial charge in [0.15, 0.2) is 0 Å². The summed E-state index contributed by atoms with van der Waals surface area (Å²) < 4.78 is 0. The molecule has 106 heavy (non-hydrogen) atoms. The van der Waals surface area contributed by atoms with Gasteiger partial charge in [0.25, 0.3) is 0 Å². The fraction of sp³-hybridized carbons (Fsp3) is 0.176. The highest BCUT2D eigenvalue weighted by atomic mass is 35.5. The highest BCUT2D eigenvalue weighted by molar-refractivity contribution is 6.53. The third-order valence-corrected chi connectivity index (χ3v) is 22.9. The van der Waals surface area contributed by atoms with E-state index in [0.717, 1.165) is 0 Å². The van der Waals surface area contributed by atoms with Crippen LogP contribution in [0.2, 0.25) is 0 Å². The molecular formula is C102H84Cl4. The van der Waals surface area contributed by atoms with Crippen LogP contribution < -0.4 is 0 Å². The summed E-state index contributed by atoms with van der Waals surface area (Å²) in [7, 11) is 0. The molecule has 0 unspecified atom stereocenters. The minimum Gasteiger partial charge on any atom is -0.109 e. The zero-order valence-electron chi connectivity index (χ0n) is 62.3. The molecule has 0 aromatic heterocycles. The van der Waals surface area contributed by atoms with Crippen LogP contribution in [0.3, 0.4) is 0 Å². The van der Waals surface area contributed by atoms with E-state index in [9.17, 15) is 0 Å². The van der Waals surface area contributed by atoms with E-state index < -0.39 is 0 Å². The standard InChI is InChI=1S/2C50H40.2CH2Cl2/c2*1-49(2,3)29-23-25-39-41(27-29)43-35-19-11-7-15-31(35)33-17-9-13-21-37(33)45(43)48-40-26-24-30(50(4,5)6)28-42(40)44-36-20-12-8-16-32(36)34-18-10-14-22-38(34)46(44)47(39)48;2*2-1-3/h2*7-28H,1-6H3;2*1H2. The molecule has 0 bridgehead atoms. The van der Waals surface area contributed by atoms with E-state index in [1.807, 2.05) is 0 Å². The van der Waals surface area contributed by atoms with Crippen molar-refractivity contribution in [1.82, 2.24) is 0 Å². The van der Waals surface area contributed by atoms with Gasteiger partial charge in [-0.05, 0) is 262 Å². The zero-order valence-corrected chi connectivity index (χ0v) is 65.4. The molecular weight excluding hydrogens is 1370 g/mol. The van der Waals surface area contributed by atoms with Crippen molar-refractivity contribution in [1.29, 1.82) is 0 Å². The largest absolute Gasteiger partial charge is 0.109 e. The lowest BCUT2D eigenvalue weighted by atomic mass is 9.78. The summed E-state index contributed by atoms with van der Waals surface area (Å²) in [6.45, 7) is 28.0. The van der Waals surface area contributed by atoms with E-state index in [1.54, 1.807) is 0 Å². The van der Waals surface area contributed by atoms with E-state index >= 15 is 0 Å². The Morgan fingerprint density at radius 2 is 0.264 bits per heavy atom. The van der Waals surface area contributed by atoms with Gasteiger partial charge in [0.1, 0.15) is 0 Å². The Morgan fingerprint density at radius 1 is 0.151 bits per heavy atom. The fourth-order valence-corrected chi connectivity index (χ4v) is 18.0. The van der Waals surface area contributed by atoms with Crippen molar-refractivity contribution in [2.24, 2.45) is 0 Å². The highest BCUT2D eigenvalue weighted by Gasteiger charge is 2.29. The molecule has 0 amide bonds. The van der Waals surface area contributed by atoms with Crippen LogP contribution in [0.1, 0.15) is 105 Å². The number of benzene rings is 20. The highest BCUT2D eigenvalue weighted by Crippen LogP contribution is 2.55. The second-order valence-corrected chi connectivity index (χ2v) is 34.7. The Bertz CT molecular complexity index is 6240. The summed E-state index contributed by atoms with van der Waals surface area (Å²) in [4.78, 5) is 0. The Kier molecular flexibility index (Phi) is 17.0. The molecule has 4 heteroatoms. The van der Waals surface area contributed by atoms with Gasteiger partial charge >= 0.3 is 0 Å². The molecule has 20 rings (SSSR count). The van der Waals surface area contributed by atoms with Crippen molar-refractivity contribution in [2.45, 2.75) is 105 Å². The predicted molar refractivity (Wildman–Crippen MR) is 476 cm³/mol. The first-order chi connectivity index (χ1) is 51.0. The summed E-state index contributed by atoms with van der Waals surface area (Å²) in [5, 5.41) is 48.5. The van der Waals surface area contributed by atoms with E-state index in [-0.39, 0.29) is 32.3 Å². The average Bonchev–Trinajstić information content (AvgIpc) is 0.683. The van der Waals surface area contributed by atoms with Crippen LogP contribution in [0.5, 0.6) is 0 Å². The molecule has 0 nitrogen and oxygen atoms in total. The lowest BCUT2D eigenvalue weighted by Gasteiger charge is -2.25. The molecule has 0 saturated heterocycles. The summed E-state index contributed by atoms with van der Waals surface area (Å²) >= 11 is 19.1. The van der Waals surface area contributed by atoms with Crippen molar-refractivity contribution in [3.63, 3.8) is 0 Å². The first-order valence-electron chi connectivity index (χ1n) is 37.1. The first kappa shape index (κ1) is 69.3. The van der Waals surface area contributed by atoms with Crippen LogP contribution in [0.15, 0.2) is 267 Å². The topological polar surface area (TPSA) is 0 Å². The number of fused-ring (bicyclic) bond motifs is 42. The minimum atomic E-state index is 0.0137. The number of halogens is 4. The maximum atomic E-state index is 4.76. The quantitative estimate of drug-likeness (QED) is 0.105. The van der Waals surface area contributed by atoms with Gasteiger partial charge in [-0.1, -0.05) is 326 Å². The Balaban J connectivity index is 0.000000145. The summed E-state index contributed by atoms with van der Waals surface area (Å²) in [5.74, 6) is 0. The molecule has 0 atom stereocenters. The monoisotopic (exact) mass is 1450 g/mol. The molecule has 0 heterocycles. The van der Waals surface area contributed by atoms with Gasteiger partial charge in [-0.3, -0.25) is 0 Å². The van der Waals surface area contributed by atoms with Gasteiger partial charge in [-0.2, -0.15) is 0 Å². The molecule has 0 fully saturated rings. The second kappa shape index (κ2) is 26.0. The number of alkyl halides is 4. The van der Waals surface area contributed by atoms with Crippen LogP contribution in [0, 0.1) is 0 Å². The van der Waals surface area contributed by atoms with Gasteiger partial charge in [-0.25, -0.2) is 0 Å². The first-order valence-corrected chi connectivity index (χ1v) is 39.3. The van der Waals surface area contributed by atoms with Crippen molar-refractivity contribution < 1.29 is 0 Å². The van der Waals surface area contributed by atoms with Crippen molar-refractivity contribution in [3.8, 4) is 0 Å². The minimum absolute atomic E-state index is 0.0137. The Morgan fingerprint density at radius 3 is 0.406 bits per heavy atom. The van der Waals surface area contributed by atoms with E-state index in [0.29, 0.717) is 0 Å². The SMILES string of the molecule is CC(C)(C)c1ccc2c(c1)c1c3ccccc3c3ccccc3c1c1c3ccc(C(C)(C)C)cc3c3c4ccccc4c4ccccc4c3c21.CC(C)(C)c1ccc2c(c1)c1c3ccccc3c3ccccc3c1c1c3ccc(C(C)(C)C)cc3c3c4ccccc4c4ccccc4c3c21.ClCCl.ClCCl. The van der Waals surface area contributed by atoms with Gasteiger partial charge in [0, 0.05) is 0 Å². The normalized spacial score (nSPS) is 12.6. The molecule has 520 valence electrons. The van der Waals surface area contributed by atoms with E-state index in [4.69, 9.17) is 46.4 Å². The maximum absolute atomic E-state index is 4.76. The summed E-state index contributed by atoms with van der Waals surface area (Å²) in [6.07, 6.45) is 0. The molecule has 0 aliphatic heterocycles. The van der Waals surface area contributed by atoms with Gasteiger partial charge in [0.2, 0.25) is 0 Å². The second-order valence-electron chi connectivity index (χ2n) is 33.1. The molecule has 20 aromatic rings. The van der Waals surface area contributed by atoms with Crippen molar-refractivity contribution in [3.05, 3.63) is 289 Å². The third-order valence-electron chi connectivity index (χ3n) is 22.9. The molecule has 0 saturated carbocycles. The molecule has 0 spiro atoms. The van der Waals surface area contributed by atoms with Gasteiger partial charge in [0.05, 0.1) is 10.7 Å². The van der Waals surface area contributed by atoms with Gasteiger partial charge in [-0.15, -0.1) is 46.4 Å². The maximum Gasteiger partial charge on any atom is 0.0967 e. The molecule has 0 radical (unpaired) electrons. The van der Waals surface area contributed by atoms with E-state index in [2.05, 4.69) is 350 Å². The van der Waals surface area contributed by atoms with Crippen molar-refractivity contribution >= 4 is 240 Å². The molecule has 20 aromatic carbocycles. The summed E-state index contributed by atoms with van der Waals surface area (Å²) in [6, 6.07) is 102. The number of hydrogen-bond acceptors (Lipinski definition) is 0. The molecule has 0 aliphatic carbocycles. The van der Waals surface area contributed by atoms with Crippen LogP contribution >= 0.6 is 46.4 Å². The number of rotatable bonds is 0.